The van der Waals surface area contributed by atoms with Gasteiger partial charge < -0.3 is 0 Å². The van der Waals surface area contributed by atoms with Crippen molar-refractivity contribution in [1.82, 2.24) is 10.2 Å². The van der Waals surface area contributed by atoms with Gasteiger partial charge in [0, 0.05) is 25.2 Å². The summed E-state index contributed by atoms with van der Waals surface area (Å²) in [6, 6.07) is 3.70. The largest absolute Gasteiger partial charge is 0.298 e. The smallest absolute Gasteiger partial charge is 0.121 e. The van der Waals surface area contributed by atoms with E-state index < -0.39 is 0 Å². The molecule has 1 saturated carbocycles. The van der Waals surface area contributed by atoms with Crippen LogP contribution in [0.15, 0.2) is 0 Å². The van der Waals surface area contributed by atoms with E-state index in [1.807, 2.05) is 0 Å². The molecule has 2 fully saturated rings. The Morgan fingerprint density at radius 2 is 1.89 bits per heavy atom. The Balaban J connectivity index is 1.94. The zero-order valence-electron chi connectivity index (χ0n) is 11.9. The van der Waals surface area contributed by atoms with Crippen LogP contribution in [0.1, 0.15) is 58.8 Å². The molecule has 0 aromatic heterocycles. The van der Waals surface area contributed by atoms with E-state index in [0.29, 0.717) is 12.1 Å². The van der Waals surface area contributed by atoms with Crippen LogP contribution in [0, 0.1) is 11.3 Å². The van der Waals surface area contributed by atoms with E-state index in [1.165, 1.54) is 38.5 Å². The van der Waals surface area contributed by atoms with Crippen molar-refractivity contribution in [3.05, 3.63) is 0 Å². The summed E-state index contributed by atoms with van der Waals surface area (Å²) in [6.45, 7) is 6.40. The zero-order valence-corrected chi connectivity index (χ0v) is 11.9. The van der Waals surface area contributed by atoms with Crippen LogP contribution >= 0.6 is 0 Å². The molecule has 1 aliphatic heterocycles. The molecule has 0 spiro atoms. The molecule has 0 aromatic carbocycles. The first kappa shape index (κ1) is 13.8. The van der Waals surface area contributed by atoms with E-state index in [9.17, 15) is 5.26 Å². The molecular weight excluding hydrogens is 222 g/mol. The van der Waals surface area contributed by atoms with Crippen LogP contribution in [0.25, 0.3) is 0 Å². The molecule has 1 heterocycles. The standard InChI is InChI=1S/C15H27N3/c1-13(2)18-10-9-15(11-16,12-18)17-14-7-5-3-4-6-8-14/h13-14,17H,3-10,12H2,1-2H3. The van der Waals surface area contributed by atoms with E-state index >= 15 is 0 Å². The van der Waals surface area contributed by atoms with Gasteiger partial charge in [-0.15, -0.1) is 0 Å². The zero-order chi connectivity index (χ0) is 13.0. The lowest BCUT2D eigenvalue weighted by Crippen LogP contribution is -2.51. The summed E-state index contributed by atoms with van der Waals surface area (Å²) < 4.78 is 0. The topological polar surface area (TPSA) is 39.1 Å². The molecule has 1 N–H and O–H groups in total. The number of likely N-dealkylation sites (tertiary alicyclic amines) is 1. The molecule has 2 aliphatic rings. The molecule has 102 valence electrons. The van der Waals surface area contributed by atoms with E-state index in [1.54, 1.807) is 0 Å². The van der Waals surface area contributed by atoms with Gasteiger partial charge in [-0.25, -0.2) is 0 Å². The van der Waals surface area contributed by atoms with Crippen LogP contribution in [0.4, 0.5) is 0 Å². The molecule has 0 bridgehead atoms. The lowest BCUT2D eigenvalue weighted by atomic mass is 9.97. The molecule has 0 radical (unpaired) electrons. The number of rotatable bonds is 3. The van der Waals surface area contributed by atoms with Gasteiger partial charge >= 0.3 is 0 Å². The summed E-state index contributed by atoms with van der Waals surface area (Å²) in [5, 5.41) is 13.3. The summed E-state index contributed by atoms with van der Waals surface area (Å²) in [5.74, 6) is 0. The number of nitrogens with zero attached hydrogens (tertiary/aromatic N) is 2. The van der Waals surface area contributed by atoms with E-state index in [0.717, 1.165) is 19.5 Å². The van der Waals surface area contributed by atoms with Crippen LogP contribution in [-0.2, 0) is 0 Å². The van der Waals surface area contributed by atoms with Gasteiger partial charge in [0.15, 0.2) is 0 Å². The number of hydrogen-bond donors (Lipinski definition) is 1. The summed E-state index contributed by atoms with van der Waals surface area (Å²) in [7, 11) is 0. The minimum absolute atomic E-state index is 0.278. The fraction of sp³-hybridized carbons (Fsp3) is 0.933. The highest BCUT2D eigenvalue weighted by Gasteiger charge is 2.40. The van der Waals surface area contributed by atoms with Crippen molar-refractivity contribution in [2.45, 2.75) is 76.4 Å². The van der Waals surface area contributed by atoms with Gasteiger partial charge in [0.2, 0.25) is 0 Å². The van der Waals surface area contributed by atoms with Gasteiger partial charge in [0.25, 0.3) is 0 Å². The Bertz CT molecular complexity index is 299. The minimum Gasteiger partial charge on any atom is -0.298 e. The van der Waals surface area contributed by atoms with Crippen molar-refractivity contribution in [1.29, 1.82) is 5.26 Å². The summed E-state index contributed by atoms with van der Waals surface area (Å²) >= 11 is 0. The third kappa shape index (κ3) is 3.24. The van der Waals surface area contributed by atoms with Gasteiger partial charge in [0.1, 0.15) is 5.54 Å². The number of nitrogens with one attached hydrogen (secondary N) is 1. The molecule has 3 heteroatoms. The Morgan fingerprint density at radius 3 is 2.39 bits per heavy atom. The van der Waals surface area contributed by atoms with Gasteiger partial charge in [-0.05, 0) is 33.1 Å². The first-order valence-corrected chi connectivity index (χ1v) is 7.58. The second-order valence-corrected chi connectivity index (χ2v) is 6.34. The molecule has 18 heavy (non-hydrogen) atoms. The quantitative estimate of drug-likeness (QED) is 0.782. The van der Waals surface area contributed by atoms with Crippen LogP contribution in [0.2, 0.25) is 0 Å². The first-order valence-electron chi connectivity index (χ1n) is 7.58. The van der Waals surface area contributed by atoms with Crippen LogP contribution in [-0.4, -0.2) is 35.6 Å². The van der Waals surface area contributed by atoms with Crippen LogP contribution < -0.4 is 5.32 Å². The summed E-state index contributed by atoms with van der Waals surface area (Å²) in [5.41, 5.74) is -0.278. The fourth-order valence-corrected chi connectivity index (χ4v) is 3.34. The Morgan fingerprint density at radius 1 is 1.22 bits per heavy atom. The second-order valence-electron chi connectivity index (χ2n) is 6.34. The molecule has 0 aromatic rings. The van der Waals surface area contributed by atoms with Crippen LogP contribution in [0.3, 0.4) is 0 Å². The average Bonchev–Trinajstić information content (AvgIpc) is 2.62. The van der Waals surface area contributed by atoms with Crippen molar-refractivity contribution in [2.75, 3.05) is 13.1 Å². The van der Waals surface area contributed by atoms with E-state index in [2.05, 4.69) is 30.1 Å². The van der Waals surface area contributed by atoms with Crippen molar-refractivity contribution in [3.63, 3.8) is 0 Å². The number of nitriles is 1. The van der Waals surface area contributed by atoms with Gasteiger partial charge in [-0.1, -0.05) is 25.7 Å². The van der Waals surface area contributed by atoms with Crippen molar-refractivity contribution in [2.24, 2.45) is 0 Å². The van der Waals surface area contributed by atoms with Gasteiger partial charge in [-0.3, -0.25) is 10.2 Å². The monoisotopic (exact) mass is 249 g/mol. The van der Waals surface area contributed by atoms with Crippen molar-refractivity contribution in [3.8, 4) is 6.07 Å². The lowest BCUT2D eigenvalue weighted by Gasteiger charge is -2.30. The SMILES string of the molecule is CC(C)N1CCC(C#N)(NC2CCCCCC2)C1. The predicted octanol–water partition coefficient (Wildman–Crippen LogP) is 2.68. The fourth-order valence-electron chi connectivity index (χ4n) is 3.34. The van der Waals surface area contributed by atoms with Crippen LogP contribution in [0.5, 0.6) is 0 Å². The minimum atomic E-state index is -0.278. The first-order chi connectivity index (χ1) is 8.65. The third-order valence-electron chi connectivity index (χ3n) is 4.58. The molecule has 0 amide bonds. The van der Waals surface area contributed by atoms with Crippen molar-refractivity contribution >= 4 is 0 Å². The Hall–Kier alpha value is -0.590. The van der Waals surface area contributed by atoms with Gasteiger partial charge in [0.05, 0.1) is 6.07 Å². The van der Waals surface area contributed by atoms with E-state index in [-0.39, 0.29) is 5.54 Å². The number of hydrogen-bond acceptors (Lipinski definition) is 3. The summed E-state index contributed by atoms with van der Waals surface area (Å²) in [4.78, 5) is 2.42. The Labute approximate surface area is 112 Å². The molecule has 1 aliphatic carbocycles. The van der Waals surface area contributed by atoms with E-state index in [4.69, 9.17) is 0 Å². The molecular formula is C15H27N3. The molecule has 3 nitrogen and oxygen atoms in total. The molecule has 2 rings (SSSR count). The van der Waals surface area contributed by atoms with Gasteiger partial charge in [-0.2, -0.15) is 5.26 Å². The normalized spacial score (nSPS) is 31.4. The lowest BCUT2D eigenvalue weighted by molar-refractivity contribution is 0.247. The third-order valence-corrected chi connectivity index (χ3v) is 4.58. The highest BCUT2D eigenvalue weighted by atomic mass is 15.2. The maximum absolute atomic E-state index is 9.58. The maximum Gasteiger partial charge on any atom is 0.121 e. The summed E-state index contributed by atoms with van der Waals surface area (Å²) in [6.07, 6.45) is 8.89. The molecule has 1 atom stereocenters. The molecule has 1 saturated heterocycles. The maximum atomic E-state index is 9.58. The second kappa shape index (κ2) is 6.04. The predicted molar refractivity (Wildman–Crippen MR) is 74.3 cm³/mol. The average molecular weight is 249 g/mol. The highest BCUT2D eigenvalue weighted by Crippen LogP contribution is 2.26. The highest BCUT2D eigenvalue weighted by molar-refractivity contribution is 5.14. The Kier molecular flexibility index (Phi) is 4.64. The van der Waals surface area contributed by atoms with Crippen molar-refractivity contribution < 1.29 is 0 Å². The molecule has 1 unspecified atom stereocenters.